The van der Waals surface area contributed by atoms with Crippen LogP contribution in [0, 0.1) is 0 Å². The summed E-state index contributed by atoms with van der Waals surface area (Å²) in [5, 5.41) is -0.823. The van der Waals surface area contributed by atoms with Gasteiger partial charge in [0.2, 0.25) is 5.91 Å². The van der Waals surface area contributed by atoms with Crippen molar-refractivity contribution in [2.45, 2.75) is 30.7 Å². The molecule has 1 aliphatic rings. The maximum Gasteiger partial charge on any atom is 0.406 e. The third kappa shape index (κ3) is 4.46. The summed E-state index contributed by atoms with van der Waals surface area (Å²) in [6, 6.07) is 7.09. The topological polar surface area (TPSA) is 54.5 Å². The first kappa shape index (κ1) is 17.8. The molecule has 128 valence electrons. The van der Waals surface area contributed by atoms with Gasteiger partial charge in [-0.2, -0.15) is 13.2 Å². The molecule has 0 bridgehead atoms. The molecule has 0 unspecified atom stereocenters. The number of halogens is 3. The summed E-state index contributed by atoms with van der Waals surface area (Å²) >= 11 is 0. The van der Waals surface area contributed by atoms with Crippen LogP contribution in [-0.2, 0) is 21.1 Å². The Morgan fingerprint density at radius 1 is 1.30 bits per heavy atom. The van der Waals surface area contributed by atoms with Crippen LogP contribution >= 0.6 is 0 Å². The molecule has 0 aromatic heterocycles. The first-order valence-electron chi connectivity index (χ1n) is 7.20. The second-order valence-corrected chi connectivity index (χ2v) is 7.94. The molecule has 0 spiro atoms. The largest absolute Gasteiger partial charge is 0.406 e. The van der Waals surface area contributed by atoms with Crippen molar-refractivity contribution in [3.8, 4) is 0 Å². The van der Waals surface area contributed by atoms with E-state index in [0.29, 0.717) is 23.3 Å². The number of hydrogen-bond acceptors (Lipinski definition) is 3. The Balaban J connectivity index is 2.16. The molecule has 4 nitrogen and oxygen atoms in total. The van der Waals surface area contributed by atoms with E-state index in [1.54, 1.807) is 12.1 Å². The number of rotatable bonds is 4. The predicted octanol–water partition coefficient (Wildman–Crippen LogP) is 2.50. The average Bonchev–Trinajstić information content (AvgIpc) is 2.44. The van der Waals surface area contributed by atoms with Crippen LogP contribution in [0.1, 0.15) is 29.2 Å². The van der Waals surface area contributed by atoms with Crippen molar-refractivity contribution < 1.29 is 26.4 Å². The molecular weight excluding hydrogens is 331 g/mol. The Morgan fingerprint density at radius 3 is 2.61 bits per heavy atom. The van der Waals surface area contributed by atoms with Crippen molar-refractivity contribution in [2.24, 2.45) is 0 Å². The zero-order chi connectivity index (χ0) is 17.3. The van der Waals surface area contributed by atoms with E-state index in [0.717, 1.165) is 19.0 Å². The van der Waals surface area contributed by atoms with Crippen LogP contribution in [0.3, 0.4) is 0 Å². The highest BCUT2D eigenvalue weighted by Gasteiger charge is 2.36. The van der Waals surface area contributed by atoms with Gasteiger partial charge in [-0.15, -0.1) is 0 Å². The molecule has 0 radical (unpaired) electrons. The number of carbonyl (C=O) groups is 1. The van der Waals surface area contributed by atoms with E-state index in [9.17, 15) is 26.4 Å². The number of amides is 1. The van der Waals surface area contributed by atoms with E-state index in [4.69, 9.17) is 0 Å². The van der Waals surface area contributed by atoms with E-state index in [1.807, 2.05) is 12.1 Å². The molecule has 2 rings (SSSR count). The average molecular weight is 349 g/mol. The lowest BCUT2D eigenvalue weighted by molar-refractivity contribution is -0.156. The first-order chi connectivity index (χ1) is 10.6. The summed E-state index contributed by atoms with van der Waals surface area (Å²) in [6.07, 6.45) is -2.72. The van der Waals surface area contributed by atoms with Gasteiger partial charge < -0.3 is 4.90 Å². The summed E-state index contributed by atoms with van der Waals surface area (Å²) in [7, 11) is -2.90. The number of benzene rings is 1. The fourth-order valence-electron chi connectivity index (χ4n) is 2.82. The smallest absolute Gasteiger partial charge is 0.336 e. The number of alkyl halides is 3. The standard InChI is InChI=1S/C15H18F3NO3S/c1-19(10-15(16,17)18)14(20)9-23(21,22)13-8-4-6-11-5-2-3-7-12(11)13/h2-3,5,7,13H,4,6,8-10H2,1H3/t13-/m1/s1. The Morgan fingerprint density at radius 2 is 1.96 bits per heavy atom. The van der Waals surface area contributed by atoms with Gasteiger partial charge in [0, 0.05) is 7.05 Å². The SMILES string of the molecule is CN(CC(F)(F)F)C(=O)CS(=O)(=O)[C@@H]1CCCc2ccccc21. The lowest BCUT2D eigenvalue weighted by Gasteiger charge is -2.26. The highest BCUT2D eigenvalue weighted by Crippen LogP contribution is 2.36. The van der Waals surface area contributed by atoms with Crippen molar-refractivity contribution in [1.29, 1.82) is 0 Å². The van der Waals surface area contributed by atoms with Crippen LogP contribution in [0.15, 0.2) is 24.3 Å². The molecule has 0 saturated carbocycles. The summed E-state index contributed by atoms with van der Waals surface area (Å²) in [5.41, 5.74) is 1.58. The molecule has 1 aliphatic carbocycles. The van der Waals surface area contributed by atoms with Crippen molar-refractivity contribution >= 4 is 15.7 Å². The van der Waals surface area contributed by atoms with Crippen molar-refractivity contribution in [2.75, 3.05) is 19.3 Å². The van der Waals surface area contributed by atoms with E-state index < -0.39 is 39.5 Å². The fraction of sp³-hybridized carbons (Fsp3) is 0.533. The number of nitrogens with zero attached hydrogens (tertiary/aromatic N) is 1. The molecule has 0 aliphatic heterocycles. The number of aryl methyl sites for hydroxylation is 1. The van der Waals surface area contributed by atoms with Gasteiger partial charge in [-0.05, 0) is 30.4 Å². The molecule has 0 saturated heterocycles. The Labute approximate surface area is 133 Å². The molecule has 23 heavy (non-hydrogen) atoms. The highest BCUT2D eigenvalue weighted by atomic mass is 32.2. The second-order valence-electron chi connectivity index (χ2n) is 5.75. The van der Waals surface area contributed by atoms with Gasteiger partial charge in [0.15, 0.2) is 9.84 Å². The monoisotopic (exact) mass is 349 g/mol. The minimum atomic E-state index is -4.55. The van der Waals surface area contributed by atoms with Crippen molar-refractivity contribution in [3.05, 3.63) is 35.4 Å². The predicted molar refractivity (Wildman–Crippen MR) is 79.6 cm³/mol. The third-order valence-electron chi connectivity index (χ3n) is 3.91. The van der Waals surface area contributed by atoms with Crippen LogP contribution in [0.25, 0.3) is 0 Å². The van der Waals surface area contributed by atoms with Gasteiger partial charge in [0.25, 0.3) is 0 Å². The van der Waals surface area contributed by atoms with Crippen LogP contribution in [0.4, 0.5) is 13.2 Å². The van der Waals surface area contributed by atoms with Gasteiger partial charge in [-0.25, -0.2) is 8.42 Å². The van der Waals surface area contributed by atoms with Crippen molar-refractivity contribution in [1.82, 2.24) is 4.90 Å². The lowest BCUT2D eigenvalue weighted by Crippen LogP contribution is -2.40. The normalized spacial score (nSPS) is 18.3. The van der Waals surface area contributed by atoms with Gasteiger partial charge in [0.05, 0.1) is 5.25 Å². The summed E-state index contributed by atoms with van der Waals surface area (Å²) in [4.78, 5) is 12.2. The molecule has 0 N–H and O–H groups in total. The minimum absolute atomic E-state index is 0.385. The first-order valence-corrected chi connectivity index (χ1v) is 8.92. The summed E-state index contributed by atoms with van der Waals surface area (Å²) < 4.78 is 61.9. The van der Waals surface area contributed by atoms with E-state index in [-0.39, 0.29) is 0 Å². The van der Waals surface area contributed by atoms with Crippen LogP contribution in [0.5, 0.6) is 0 Å². The molecule has 1 aromatic rings. The van der Waals surface area contributed by atoms with Crippen LogP contribution < -0.4 is 0 Å². The zero-order valence-electron chi connectivity index (χ0n) is 12.6. The van der Waals surface area contributed by atoms with E-state index >= 15 is 0 Å². The second kappa shape index (κ2) is 6.51. The van der Waals surface area contributed by atoms with Gasteiger partial charge in [-0.3, -0.25) is 4.79 Å². The van der Waals surface area contributed by atoms with E-state index in [2.05, 4.69) is 0 Å². The molecule has 1 aromatic carbocycles. The third-order valence-corrected chi connectivity index (χ3v) is 5.92. The number of hydrogen-bond donors (Lipinski definition) is 0. The van der Waals surface area contributed by atoms with Gasteiger partial charge in [0.1, 0.15) is 12.3 Å². The summed E-state index contributed by atoms with van der Waals surface area (Å²) in [5.74, 6) is -1.94. The number of carbonyl (C=O) groups excluding carboxylic acids is 1. The highest BCUT2D eigenvalue weighted by molar-refractivity contribution is 7.92. The van der Waals surface area contributed by atoms with Crippen molar-refractivity contribution in [3.63, 3.8) is 0 Å². The van der Waals surface area contributed by atoms with E-state index in [1.165, 1.54) is 0 Å². The Bertz CT molecular complexity index is 685. The zero-order valence-corrected chi connectivity index (χ0v) is 13.5. The molecule has 8 heteroatoms. The van der Waals surface area contributed by atoms with Crippen LogP contribution in [0.2, 0.25) is 0 Å². The Kier molecular flexibility index (Phi) is 5.03. The maximum atomic E-state index is 12.5. The molecule has 1 atom stereocenters. The molecule has 1 amide bonds. The minimum Gasteiger partial charge on any atom is -0.336 e. The number of sulfone groups is 1. The Hall–Kier alpha value is -1.57. The molecule has 0 fully saturated rings. The maximum absolute atomic E-state index is 12.5. The lowest BCUT2D eigenvalue weighted by atomic mass is 9.91. The quantitative estimate of drug-likeness (QED) is 0.839. The molecular formula is C15H18F3NO3S. The van der Waals surface area contributed by atoms with Gasteiger partial charge in [-0.1, -0.05) is 24.3 Å². The van der Waals surface area contributed by atoms with Crippen LogP contribution in [-0.4, -0.2) is 44.7 Å². The number of fused-ring (bicyclic) bond motifs is 1. The summed E-state index contributed by atoms with van der Waals surface area (Å²) in [6.45, 7) is -1.46. The van der Waals surface area contributed by atoms with Gasteiger partial charge >= 0.3 is 6.18 Å². The molecule has 0 heterocycles. The fourth-order valence-corrected chi connectivity index (χ4v) is 4.73.